The van der Waals surface area contributed by atoms with Crippen LogP contribution in [-0.2, 0) is 4.79 Å². The third kappa shape index (κ3) is 4.75. The van der Waals surface area contributed by atoms with Crippen LogP contribution in [0.25, 0.3) is 0 Å². The highest BCUT2D eigenvalue weighted by Gasteiger charge is 2.36. The van der Waals surface area contributed by atoms with Crippen LogP contribution in [0.3, 0.4) is 0 Å². The molecule has 0 aliphatic heterocycles. The van der Waals surface area contributed by atoms with Crippen molar-refractivity contribution in [3.63, 3.8) is 0 Å². The van der Waals surface area contributed by atoms with E-state index < -0.39 is 6.10 Å². The molecule has 1 N–H and O–H groups in total. The number of aliphatic hydroxyl groups excluding tert-OH is 1. The van der Waals surface area contributed by atoms with Crippen molar-refractivity contribution < 1.29 is 9.90 Å². The summed E-state index contributed by atoms with van der Waals surface area (Å²) in [5, 5.41) is 10.1. The highest BCUT2D eigenvalue weighted by molar-refractivity contribution is 7.99. The molecule has 2 rings (SSSR count). The molecule has 0 radical (unpaired) electrons. The molecule has 4 heteroatoms. The quantitative estimate of drug-likeness (QED) is 0.797. The Labute approximate surface area is 138 Å². The second-order valence-corrected chi connectivity index (χ2v) is 7.49. The van der Waals surface area contributed by atoms with Crippen LogP contribution in [0.1, 0.15) is 45.3 Å². The maximum Gasteiger partial charge on any atom is 0.233 e. The topological polar surface area (TPSA) is 40.5 Å². The lowest BCUT2D eigenvalue weighted by atomic mass is 10.0. The molecule has 0 bridgehead atoms. The lowest BCUT2D eigenvalue weighted by molar-refractivity contribution is -0.131. The zero-order valence-corrected chi connectivity index (χ0v) is 14.6. The number of aliphatic hydroxyl groups is 1. The number of hydrogen-bond donors (Lipinski definition) is 1. The Balaban J connectivity index is 1.81. The molecule has 0 saturated heterocycles. The van der Waals surface area contributed by atoms with E-state index in [2.05, 4.69) is 25.7 Å². The smallest absolute Gasteiger partial charge is 0.233 e. The summed E-state index contributed by atoms with van der Waals surface area (Å²) in [7, 11) is 0. The first-order valence-electron chi connectivity index (χ1n) is 8.12. The van der Waals surface area contributed by atoms with E-state index in [-0.39, 0.29) is 5.91 Å². The van der Waals surface area contributed by atoms with Crippen molar-refractivity contribution in [1.82, 2.24) is 4.90 Å². The van der Waals surface area contributed by atoms with Crippen molar-refractivity contribution in [2.75, 3.05) is 11.5 Å². The summed E-state index contributed by atoms with van der Waals surface area (Å²) in [4.78, 5) is 14.6. The van der Waals surface area contributed by atoms with Gasteiger partial charge < -0.3 is 10.0 Å². The van der Waals surface area contributed by atoms with Crippen LogP contribution in [0.15, 0.2) is 30.3 Å². The van der Waals surface area contributed by atoms with Crippen molar-refractivity contribution in [2.24, 2.45) is 5.92 Å². The maximum atomic E-state index is 12.5. The number of thioether (sulfide) groups is 1. The molecule has 1 fully saturated rings. The van der Waals surface area contributed by atoms with E-state index in [1.165, 1.54) is 11.8 Å². The van der Waals surface area contributed by atoms with Crippen LogP contribution in [-0.4, -0.2) is 39.5 Å². The highest BCUT2D eigenvalue weighted by atomic mass is 32.2. The summed E-state index contributed by atoms with van der Waals surface area (Å²) in [5.74, 6) is 1.71. The van der Waals surface area contributed by atoms with Gasteiger partial charge >= 0.3 is 0 Å². The number of benzene rings is 1. The molecule has 122 valence electrons. The number of carbonyl (C=O) groups excluding carboxylic acids is 1. The molecule has 1 saturated carbocycles. The number of rotatable bonds is 8. The SMILES string of the molecule is CC(C)C(C)N(C(=O)CSCC(O)c1ccccc1)C1CC1. The fraction of sp³-hybridized carbons (Fsp3) is 0.611. The number of amides is 1. The van der Waals surface area contributed by atoms with Gasteiger partial charge in [-0.15, -0.1) is 11.8 Å². The minimum Gasteiger partial charge on any atom is -0.388 e. The van der Waals surface area contributed by atoms with E-state index in [1.807, 2.05) is 30.3 Å². The summed E-state index contributed by atoms with van der Waals surface area (Å²) in [6.07, 6.45) is 1.77. The standard InChI is InChI=1S/C18H27NO2S/c1-13(2)14(3)19(16-9-10-16)18(21)12-22-11-17(20)15-7-5-4-6-8-15/h4-8,13-14,16-17,20H,9-12H2,1-3H3. The van der Waals surface area contributed by atoms with Crippen molar-refractivity contribution in [2.45, 2.75) is 51.8 Å². The molecular formula is C18H27NO2S. The Kier molecular flexibility index (Phi) is 6.33. The van der Waals surface area contributed by atoms with Gasteiger partial charge in [-0.25, -0.2) is 0 Å². The van der Waals surface area contributed by atoms with Crippen LogP contribution in [0, 0.1) is 5.92 Å². The third-order valence-electron chi connectivity index (χ3n) is 4.32. The second kappa shape index (κ2) is 8.02. The monoisotopic (exact) mass is 321 g/mol. The average Bonchev–Trinajstić information content (AvgIpc) is 3.32. The van der Waals surface area contributed by atoms with Gasteiger partial charge in [0, 0.05) is 17.8 Å². The van der Waals surface area contributed by atoms with Gasteiger partial charge in [-0.1, -0.05) is 44.2 Å². The van der Waals surface area contributed by atoms with Gasteiger partial charge in [-0.05, 0) is 31.2 Å². The molecule has 3 nitrogen and oxygen atoms in total. The van der Waals surface area contributed by atoms with Gasteiger partial charge in [-0.2, -0.15) is 0 Å². The first-order chi connectivity index (χ1) is 10.5. The predicted octanol–water partition coefficient (Wildman–Crippen LogP) is 3.49. The summed E-state index contributed by atoms with van der Waals surface area (Å²) in [6, 6.07) is 10.4. The summed E-state index contributed by atoms with van der Waals surface area (Å²) >= 11 is 1.53. The molecule has 1 aliphatic rings. The Bertz CT molecular complexity index is 473. The average molecular weight is 321 g/mol. The zero-order chi connectivity index (χ0) is 16.1. The molecule has 1 amide bonds. The molecule has 0 spiro atoms. The van der Waals surface area contributed by atoms with E-state index >= 15 is 0 Å². The van der Waals surface area contributed by atoms with E-state index in [4.69, 9.17) is 0 Å². The Morgan fingerprint density at radius 1 is 1.27 bits per heavy atom. The molecule has 1 aromatic carbocycles. The fourth-order valence-electron chi connectivity index (χ4n) is 2.54. The van der Waals surface area contributed by atoms with Crippen molar-refractivity contribution in [1.29, 1.82) is 0 Å². The lowest BCUT2D eigenvalue weighted by Gasteiger charge is -2.32. The van der Waals surface area contributed by atoms with Crippen LogP contribution >= 0.6 is 11.8 Å². The Morgan fingerprint density at radius 2 is 1.91 bits per heavy atom. The van der Waals surface area contributed by atoms with Gasteiger partial charge in [0.2, 0.25) is 5.91 Å². The van der Waals surface area contributed by atoms with E-state index in [1.54, 1.807) is 0 Å². The Morgan fingerprint density at radius 3 is 2.45 bits per heavy atom. The summed E-state index contributed by atoms with van der Waals surface area (Å²) in [6.45, 7) is 6.48. The fourth-order valence-corrected chi connectivity index (χ4v) is 3.40. The van der Waals surface area contributed by atoms with Crippen LogP contribution in [0.2, 0.25) is 0 Å². The number of carbonyl (C=O) groups is 1. The summed E-state index contributed by atoms with van der Waals surface area (Å²) < 4.78 is 0. The van der Waals surface area contributed by atoms with E-state index in [9.17, 15) is 9.90 Å². The van der Waals surface area contributed by atoms with Gasteiger partial charge in [0.25, 0.3) is 0 Å². The van der Waals surface area contributed by atoms with Gasteiger partial charge in [0.15, 0.2) is 0 Å². The zero-order valence-electron chi connectivity index (χ0n) is 13.7. The minimum absolute atomic E-state index is 0.217. The number of hydrogen-bond acceptors (Lipinski definition) is 3. The molecule has 1 aromatic rings. The minimum atomic E-state index is -0.504. The van der Waals surface area contributed by atoms with Gasteiger partial charge in [-0.3, -0.25) is 4.79 Å². The van der Waals surface area contributed by atoms with E-state index in [0.717, 1.165) is 18.4 Å². The van der Waals surface area contributed by atoms with Gasteiger partial charge in [0.05, 0.1) is 11.9 Å². The first kappa shape index (κ1) is 17.4. The second-order valence-electron chi connectivity index (χ2n) is 6.46. The molecule has 2 atom stereocenters. The van der Waals surface area contributed by atoms with Crippen molar-refractivity contribution >= 4 is 17.7 Å². The molecular weight excluding hydrogens is 294 g/mol. The molecule has 1 aliphatic carbocycles. The predicted molar refractivity (Wildman–Crippen MR) is 92.9 cm³/mol. The normalized spacial score (nSPS) is 17.3. The molecule has 22 heavy (non-hydrogen) atoms. The largest absolute Gasteiger partial charge is 0.388 e. The third-order valence-corrected chi connectivity index (χ3v) is 5.32. The first-order valence-corrected chi connectivity index (χ1v) is 9.28. The Hall–Kier alpha value is -1.00. The molecule has 0 aromatic heterocycles. The number of nitrogens with zero attached hydrogens (tertiary/aromatic N) is 1. The van der Waals surface area contributed by atoms with Crippen molar-refractivity contribution in [3.8, 4) is 0 Å². The molecule has 0 heterocycles. The summed E-state index contributed by atoms with van der Waals surface area (Å²) in [5.41, 5.74) is 0.914. The van der Waals surface area contributed by atoms with Crippen molar-refractivity contribution in [3.05, 3.63) is 35.9 Å². The highest BCUT2D eigenvalue weighted by Crippen LogP contribution is 2.31. The van der Waals surface area contributed by atoms with E-state index in [0.29, 0.717) is 29.5 Å². The van der Waals surface area contributed by atoms with Crippen LogP contribution in [0.5, 0.6) is 0 Å². The van der Waals surface area contributed by atoms with Crippen LogP contribution < -0.4 is 0 Å². The molecule has 2 unspecified atom stereocenters. The van der Waals surface area contributed by atoms with Crippen LogP contribution in [0.4, 0.5) is 0 Å². The maximum absolute atomic E-state index is 12.5. The lowest BCUT2D eigenvalue weighted by Crippen LogP contribution is -2.44. The van der Waals surface area contributed by atoms with Gasteiger partial charge in [0.1, 0.15) is 0 Å².